The smallest absolute Gasteiger partial charge is 0.131 e. The summed E-state index contributed by atoms with van der Waals surface area (Å²) in [7, 11) is 0. The molecule has 0 atom stereocenters. The third-order valence-electron chi connectivity index (χ3n) is 3.98. The van der Waals surface area contributed by atoms with Crippen molar-refractivity contribution in [1.29, 1.82) is 0 Å². The molecule has 3 nitrogen and oxygen atoms in total. The second-order valence-corrected chi connectivity index (χ2v) is 5.65. The highest BCUT2D eigenvalue weighted by atomic mass is 16.5. The summed E-state index contributed by atoms with van der Waals surface area (Å²) >= 11 is 0. The topological polar surface area (TPSA) is 22.9 Å². The number of nitrogens with one attached hydrogen (secondary N) is 1. The summed E-state index contributed by atoms with van der Waals surface area (Å²) in [6.07, 6.45) is 2.30. The van der Waals surface area contributed by atoms with Crippen molar-refractivity contribution >= 4 is 0 Å². The van der Waals surface area contributed by atoms with Crippen molar-refractivity contribution in [3.8, 4) is 17.2 Å². The Morgan fingerprint density at radius 1 is 0.783 bits per heavy atom. The summed E-state index contributed by atoms with van der Waals surface area (Å²) in [5.74, 6) is 2.52. The van der Waals surface area contributed by atoms with E-state index >= 15 is 0 Å². The number of hydrogen-bond acceptors (Lipinski definition) is 2. The van der Waals surface area contributed by atoms with E-state index in [2.05, 4.69) is 13.8 Å². The predicted molar refractivity (Wildman–Crippen MR) is 94.6 cm³/mol. The maximum atomic E-state index is 5.84. The molecule has 0 radical (unpaired) electrons. The minimum atomic E-state index is 0.759. The molecule has 0 saturated heterocycles. The lowest BCUT2D eigenvalue weighted by atomic mass is 10.3. The van der Waals surface area contributed by atoms with Crippen molar-refractivity contribution in [2.45, 2.75) is 26.7 Å². The van der Waals surface area contributed by atoms with Crippen molar-refractivity contribution < 1.29 is 14.4 Å². The van der Waals surface area contributed by atoms with Crippen LogP contribution in [0.2, 0.25) is 0 Å². The van der Waals surface area contributed by atoms with E-state index < -0.39 is 0 Å². The van der Waals surface area contributed by atoms with Crippen LogP contribution in [-0.2, 0) is 0 Å². The molecule has 0 fully saturated rings. The van der Waals surface area contributed by atoms with Gasteiger partial charge in [-0.2, -0.15) is 0 Å². The molecule has 2 aromatic carbocycles. The van der Waals surface area contributed by atoms with E-state index in [9.17, 15) is 0 Å². The first-order valence-corrected chi connectivity index (χ1v) is 8.61. The maximum Gasteiger partial charge on any atom is 0.131 e. The lowest BCUT2D eigenvalue weighted by molar-refractivity contribution is -0.896. The number of para-hydroxylation sites is 1. The molecular formula is C20H28NO2+. The summed E-state index contributed by atoms with van der Waals surface area (Å²) < 4.78 is 11.7. The fraction of sp³-hybridized carbons (Fsp3) is 0.400. The van der Waals surface area contributed by atoms with Gasteiger partial charge in [-0.1, -0.05) is 24.3 Å². The maximum absolute atomic E-state index is 5.84. The van der Waals surface area contributed by atoms with E-state index in [1.165, 1.54) is 26.1 Å². The van der Waals surface area contributed by atoms with E-state index in [1.807, 2.05) is 54.6 Å². The second-order valence-electron chi connectivity index (χ2n) is 5.65. The zero-order chi connectivity index (χ0) is 16.3. The number of hydrogen-bond donors (Lipinski definition) is 1. The molecule has 0 aliphatic heterocycles. The van der Waals surface area contributed by atoms with E-state index in [1.54, 1.807) is 4.90 Å². The molecule has 2 aromatic rings. The second kappa shape index (κ2) is 9.90. The Hall–Kier alpha value is -2.00. The standard InChI is InChI=1S/C20H27NO2/c1-3-21(4-2)15-8-9-16-22-19-13-10-14-20(17-19)23-18-11-6-5-7-12-18/h5-7,10-14,17H,3-4,8-9,15-16H2,1-2H3/p+1. The van der Waals surface area contributed by atoms with Gasteiger partial charge in [0.15, 0.2) is 0 Å². The van der Waals surface area contributed by atoms with Gasteiger partial charge in [0, 0.05) is 6.07 Å². The fourth-order valence-corrected chi connectivity index (χ4v) is 2.52. The van der Waals surface area contributed by atoms with Crippen molar-refractivity contribution in [2.75, 3.05) is 26.2 Å². The molecule has 0 unspecified atom stereocenters. The zero-order valence-electron chi connectivity index (χ0n) is 14.3. The molecule has 0 aliphatic carbocycles. The molecular weight excluding hydrogens is 286 g/mol. The Labute approximate surface area is 139 Å². The van der Waals surface area contributed by atoms with Crippen LogP contribution in [0.25, 0.3) is 0 Å². The van der Waals surface area contributed by atoms with Gasteiger partial charge < -0.3 is 14.4 Å². The van der Waals surface area contributed by atoms with Crippen LogP contribution in [-0.4, -0.2) is 26.2 Å². The molecule has 0 amide bonds. The Bertz CT molecular complexity index is 553. The first-order valence-electron chi connectivity index (χ1n) is 8.61. The lowest BCUT2D eigenvalue weighted by Gasteiger charge is -2.15. The number of rotatable bonds is 10. The molecule has 3 heteroatoms. The van der Waals surface area contributed by atoms with Crippen LogP contribution >= 0.6 is 0 Å². The van der Waals surface area contributed by atoms with E-state index in [4.69, 9.17) is 9.47 Å². The van der Waals surface area contributed by atoms with Gasteiger partial charge in [0.05, 0.1) is 26.2 Å². The van der Waals surface area contributed by atoms with Crippen LogP contribution in [0.5, 0.6) is 17.2 Å². The van der Waals surface area contributed by atoms with Crippen LogP contribution in [0.15, 0.2) is 54.6 Å². The monoisotopic (exact) mass is 314 g/mol. The van der Waals surface area contributed by atoms with E-state index in [0.717, 1.165) is 30.3 Å². The first kappa shape index (κ1) is 17.4. The third-order valence-corrected chi connectivity index (χ3v) is 3.98. The Morgan fingerprint density at radius 3 is 2.22 bits per heavy atom. The van der Waals surface area contributed by atoms with Gasteiger partial charge in [0.2, 0.25) is 0 Å². The largest absolute Gasteiger partial charge is 0.493 e. The lowest BCUT2D eigenvalue weighted by Crippen LogP contribution is -3.11. The first-order chi connectivity index (χ1) is 11.3. The highest BCUT2D eigenvalue weighted by Crippen LogP contribution is 2.24. The van der Waals surface area contributed by atoms with Crippen LogP contribution in [0.3, 0.4) is 0 Å². The Kier molecular flexibility index (Phi) is 7.47. The summed E-state index contributed by atoms with van der Waals surface area (Å²) in [5.41, 5.74) is 0. The highest BCUT2D eigenvalue weighted by Gasteiger charge is 2.03. The molecule has 124 valence electrons. The molecule has 0 bridgehead atoms. The van der Waals surface area contributed by atoms with Gasteiger partial charge in [0.25, 0.3) is 0 Å². The van der Waals surface area contributed by atoms with Gasteiger partial charge in [0.1, 0.15) is 17.2 Å². The van der Waals surface area contributed by atoms with E-state index in [-0.39, 0.29) is 0 Å². The highest BCUT2D eigenvalue weighted by molar-refractivity contribution is 5.36. The zero-order valence-corrected chi connectivity index (χ0v) is 14.3. The van der Waals surface area contributed by atoms with Crippen LogP contribution in [0.1, 0.15) is 26.7 Å². The molecule has 0 spiro atoms. The Morgan fingerprint density at radius 2 is 1.48 bits per heavy atom. The van der Waals surface area contributed by atoms with Crippen molar-refractivity contribution in [2.24, 2.45) is 0 Å². The molecule has 2 rings (SSSR count). The summed E-state index contributed by atoms with van der Waals surface area (Å²) in [4.78, 5) is 1.66. The predicted octanol–water partition coefficient (Wildman–Crippen LogP) is 3.56. The summed E-state index contributed by atoms with van der Waals surface area (Å²) in [6.45, 7) is 8.89. The normalized spacial score (nSPS) is 10.7. The van der Waals surface area contributed by atoms with Gasteiger partial charge in [-0.15, -0.1) is 0 Å². The average Bonchev–Trinajstić information content (AvgIpc) is 2.59. The van der Waals surface area contributed by atoms with Gasteiger partial charge >= 0.3 is 0 Å². The molecule has 23 heavy (non-hydrogen) atoms. The minimum Gasteiger partial charge on any atom is -0.493 e. The average molecular weight is 314 g/mol. The third kappa shape index (κ3) is 6.33. The number of quaternary nitrogens is 1. The van der Waals surface area contributed by atoms with Gasteiger partial charge in [-0.05, 0) is 51.0 Å². The SMILES string of the molecule is CC[NH+](CC)CCCCOc1cccc(Oc2ccccc2)c1. The number of benzene rings is 2. The van der Waals surface area contributed by atoms with Crippen molar-refractivity contribution in [1.82, 2.24) is 0 Å². The quantitative estimate of drug-likeness (QED) is 0.678. The summed E-state index contributed by atoms with van der Waals surface area (Å²) in [5, 5.41) is 0. The Balaban J connectivity index is 1.75. The fourth-order valence-electron chi connectivity index (χ4n) is 2.52. The number of ether oxygens (including phenoxy) is 2. The molecule has 0 aliphatic rings. The van der Waals surface area contributed by atoms with Gasteiger partial charge in [-0.25, -0.2) is 0 Å². The van der Waals surface area contributed by atoms with E-state index in [0.29, 0.717) is 0 Å². The van der Waals surface area contributed by atoms with Crippen LogP contribution in [0, 0.1) is 0 Å². The van der Waals surface area contributed by atoms with Crippen LogP contribution in [0.4, 0.5) is 0 Å². The number of unbranched alkanes of at least 4 members (excludes halogenated alkanes) is 1. The molecule has 1 N–H and O–H groups in total. The van der Waals surface area contributed by atoms with Crippen molar-refractivity contribution in [3.05, 3.63) is 54.6 Å². The molecule has 0 heterocycles. The van der Waals surface area contributed by atoms with Gasteiger partial charge in [-0.3, -0.25) is 0 Å². The molecule has 0 aromatic heterocycles. The molecule has 0 saturated carbocycles. The summed E-state index contributed by atoms with van der Waals surface area (Å²) in [6, 6.07) is 17.6. The van der Waals surface area contributed by atoms with Crippen LogP contribution < -0.4 is 14.4 Å². The van der Waals surface area contributed by atoms with Crippen molar-refractivity contribution in [3.63, 3.8) is 0 Å². The minimum absolute atomic E-state index is 0.759.